The topological polar surface area (TPSA) is 93.1 Å². The Labute approximate surface area is 177 Å². The highest BCUT2D eigenvalue weighted by Crippen LogP contribution is 2.21. The lowest BCUT2D eigenvalue weighted by Crippen LogP contribution is -2.25. The molecule has 0 unspecified atom stereocenters. The van der Waals surface area contributed by atoms with Gasteiger partial charge < -0.3 is 5.32 Å². The van der Waals surface area contributed by atoms with E-state index in [2.05, 4.69) is 15.1 Å². The first-order chi connectivity index (χ1) is 14.0. The Morgan fingerprint density at radius 1 is 0.933 bits per heavy atom. The normalized spacial score (nSPS) is 11.9. The van der Waals surface area contributed by atoms with E-state index < -0.39 is 10.0 Å². The van der Waals surface area contributed by atoms with E-state index in [-0.39, 0.29) is 16.3 Å². The maximum atomic E-state index is 12.6. The van der Waals surface area contributed by atoms with E-state index in [0.717, 1.165) is 11.3 Å². The first-order valence-corrected chi connectivity index (χ1v) is 11.0. The molecule has 0 saturated heterocycles. The summed E-state index contributed by atoms with van der Waals surface area (Å²) in [5.41, 5.74) is 3.00. The third kappa shape index (κ3) is 4.71. The van der Waals surface area contributed by atoms with Gasteiger partial charge in [-0.1, -0.05) is 17.7 Å². The molecule has 3 rings (SSSR count). The average molecular weight is 427 g/mol. The summed E-state index contributed by atoms with van der Waals surface area (Å²) in [6, 6.07) is 13.1. The van der Waals surface area contributed by atoms with E-state index in [4.69, 9.17) is 0 Å². The molecule has 1 amide bonds. The molecule has 1 heterocycles. The summed E-state index contributed by atoms with van der Waals surface area (Å²) in [5, 5.41) is 7.14. The lowest BCUT2D eigenvalue weighted by Gasteiger charge is -2.21. The molecular weight excluding hydrogens is 400 g/mol. The highest BCUT2D eigenvalue weighted by molar-refractivity contribution is 7.92. The lowest BCUT2D eigenvalue weighted by atomic mass is 10.1. The summed E-state index contributed by atoms with van der Waals surface area (Å²) in [7, 11) is -3.67. The van der Waals surface area contributed by atoms with Crippen LogP contribution in [-0.4, -0.2) is 24.1 Å². The number of aromatic nitrogens is 2. The third-order valence-corrected chi connectivity index (χ3v) is 6.01. The van der Waals surface area contributed by atoms with Crippen LogP contribution in [0.4, 0.5) is 11.4 Å². The molecule has 0 atom stereocenters. The zero-order valence-corrected chi connectivity index (χ0v) is 18.5. The summed E-state index contributed by atoms with van der Waals surface area (Å²) < 4.78 is 29.3. The van der Waals surface area contributed by atoms with Crippen molar-refractivity contribution in [2.24, 2.45) is 0 Å². The molecule has 0 aliphatic rings. The zero-order chi connectivity index (χ0) is 22.1. The summed E-state index contributed by atoms with van der Waals surface area (Å²) in [5.74, 6) is -0.268. The zero-order valence-electron chi connectivity index (χ0n) is 17.7. The van der Waals surface area contributed by atoms with Gasteiger partial charge in [-0.15, -0.1) is 0 Å². The number of hydrogen-bond acceptors (Lipinski definition) is 4. The molecular formula is C22H26N4O3S. The van der Waals surface area contributed by atoms with Crippen LogP contribution in [0.15, 0.2) is 59.6 Å². The van der Waals surface area contributed by atoms with E-state index in [1.165, 1.54) is 0 Å². The molecule has 0 aliphatic heterocycles. The van der Waals surface area contributed by atoms with Gasteiger partial charge >= 0.3 is 0 Å². The fraction of sp³-hybridized carbons (Fsp3) is 0.273. The molecule has 158 valence electrons. The summed E-state index contributed by atoms with van der Waals surface area (Å²) in [6.07, 6.45) is 1.56. The summed E-state index contributed by atoms with van der Waals surface area (Å²) >= 11 is 0. The van der Waals surface area contributed by atoms with Crippen molar-refractivity contribution in [3.8, 4) is 0 Å². The molecule has 30 heavy (non-hydrogen) atoms. The predicted molar refractivity (Wildman–Crippen MR) is 118 cm³/mol. The minimum absolute atomic E-state index is 0.191. The number of anilines is 2. The number of hydrogen-bond donors (Lipinski definition) is 2. The molecule has 0 aliphatic carbocycles. The number of sulfonamides is 1. The molecule has 2 aromatic carbocycles. The highest BCUT2D eigenvalue weighted by Gasteiger charge is 2.21. The van der Waals surface area contributed by atoms with Crippen LogP contribution in [-0.2, 0) is 15.6 Å². The fourth-order valence-electron chi connectivity index (χ4n) is 3.06. The number of nitrogens with zero attached hydrogens (tertiary/aromatic N) is 2. The van der Waals surface area contributed by atoms with Gasteiger partial charge in [0.05, 0.1) is 22.2 Å². The van der Waals surface area contributed by atoms with Crippen molar-refractivity contribution in [3.05, 3.63) is 71.5 Å². The molecule has 0 fully saturated rings. The lowest BCUT2D eigenvalue weighted by molar-refractivity contribution is 0.102. The maximum absolute atomic E-state index is 12.6. The minimum atomic E-state index is -3.67. The van der Waals surface area contributed by atoms with E-state index in [9.17, 15) is 13.2 Å². The second kappa shape index (κ2) is 7.95. The second-order valence-electron chi connectivity index (χ2n) is 8.18. The van der Waals surface area contributed by atoms with Gasteiger partial charge in [0.25, 0.3) is 15.9 Å². The van der Waals surface area contributed by atoms with Crippen LogP contribution >= 0.6 is 0 Å². The first-order valence-electron chi connectivity index (χ1n) is 9.53. The molecule has 3 aromatic rings. The Balaban J connectivity index is 1.71. The van der Waals surface area contributed by atoms with Crippen molar-refractivity contribution in [2.45, 2.75) is 45.1 Å². The van der Waals surface area contributed by atoms with Crippen molar-refractivity contribution in [2.75, 3.05) is 10.0 Å². The largest absolute Gasteiger partial charge is 0.322 e. The number of nitrogens with one attached hydrogen (secondary N) is 2. The Morgan fingerprint density at radius 2 is 1.50 bits per heavy atom. The highest BCUT2D eigenvalue weighted by atomic mass is 32.2. The summed E-state index contributed by atoms with van der Waals surface area (Å²) in [6.45, 7) is 9.81. The number of carbonyl (C=O) groups excluding carboxylic acids is 1. The van der Waals surface area contributed by atoms with Crippen molar-refractivity contribution in [1.82, 2.24) is 9.78 Å². The molecule has 7 nitrogen and oxygen atoms in total. The molecule has 2 N–H and O–H groups in total. The first kappa shape index (κ1) is 21.6. The van der Waals surface area contributed by atoms with Gasteiger partial charge in [-0.2, -0.15) is 5.10 Å². The van der Waals surface area contributed by atoms with E-state index in [1.54, 1.807) is 54.7 Å². The Bertz CT molecular complexity index is 1160. The molecule has 1 aromatic heterocycles. The smallest absolute Gasteiger partial charge is 0.261 e. The van der Waals surface area contributed by atoms with Gasteiger partial charge in [0.15, 0.2) is 0 Å². The van der Waals surface area contributed by atoms with Crippen LogP contribution in [0.3, 0.4) is 0 Å². The quantitative estimate of drug-likeness (QED) is 0.636. The van der Waals surface area contributed by atoms with E-state index in [1.807, 2.05) is 39.3 Å². The third-order valence-electron chi connectivity index (χ3n) is 4.62. The number of rotatable bonds is 5. The Morgan fingerprint density at radius 3 is 2.03 bits per heavy atom. The average Bonchev–Trinajstić information content (AvgIpc) is 3.05. The molecule has 8 heteroatoms. The van der Waals surface area contributed by atoms with Gasteiger partial charge in [0, 0.05) is 17.1 Å². The van der Waals surface area contributed by atoms with Gasteiger partial charge in [0.1, 0.15) is 0 Å². The van der Waals surface area contributed by atoms with Gasteiger partial charge in [-0.3, -0.25) is 14.2 Å². The maximum Gasteiger partial charge on any atom is 0.261 e. The van der Waals surface area contributed by atoms with Crippen LogP contribution in [0.1, 0.15) is 42.4 Å². The number of amides is 1. The second-order valence-corrected chi connectivity index (χ2v) is 9.86. The molecule has 0 bridgehead atoms. The summed E-state index contributed by atoms with van der Waals surface area (Å²) in [4.78, 5) is 12.8. The van der Waals surface area contributed by atoms with Crippen LogP contribution in [0.5, 0.6) is 0 Å². The van der Waals surface area contributed by atoms with E-state index in [0.29, 0.717) is 16.9 Å². The Kier molecular flexibility index (Phi) is 5.72. The monoisotopic (exact) mass is 426 g/mol. The van der Waals surface area contributed by atoms with E-state index >= 15 is 0 Å². The Hall–Kier alpha value is -3.13. The van der Waals surface area contributed by atoms with Crippen LogP contribution < -0.4 is 10.0 Å². The molecule has 0 saturated carbocycles. The number of carbonyl (C=O) groups is 1. The standard InChI is InChI=1S/C22H26N4O3S/c1-15-6-12-19(13-7-15)30(28,29)25-18-10-8-17(9-11-18)24-21(27)20-14-23-26(16(20)2)22(3,4)5/h6-14,25H,1-5H3,(H,24,27). The predicted octanol–water partition coefficient (Wildman–Crippen LogP) is 4.31. The van der Waals surface area contributed by atoms with Crippen molar-refractivity contribution >= 4 is 27.3 Å². The van der Waals surface area contributed by atoms with Crippen molar-refractivity contribution in [1.29, 1.82) is 0 Å². The van der Waals surface area contributed by atoms with Gasteiger partial charge in [-0.05, 0) is 71.0 Å². The molecule has 0 spiro atoms. The van der Waals surface area contributed by atoms with Crippen LogP contribution in [0.2, 0.25) is 0 Å². The number of benzene rings is 2. The van der Waals surface area contributed by atoms with Crippen LogP contribution in [0.25, 0.3) is 0 Å². The molecule has 0 radical (unpaired) electrons. The van der Waals surface area contributed by atoms with Crippen molar-refractivity contribution < 1.29 is 13.2 Å². The van der Waals surface area contributed by atoms with Crippen molar-refractivity contribution in [3.63, 3.8) is 0 Å². The minimum Gasteiger partial charge on any atom is -0.322 e. The van der Waals surface area contributed by atoms with Gasteiger partial charge in [0.2, 0.25) is 0 Å². The fourth-order valence-corrected chi connectivity index (χ4v) is 4.12. The number of aryl methyl sites for hydroxylation is 1. The van der Waals surface area contributed by atoms with Gasteiger partial charge in [-0.25, -0.2) is 8.42 Å². The van der Waals surface area contributed by atoms with Crippen LogP contribution in [0, 0.1) is 13.8 Å². The SMILES string of the molecule is Cc1ccc(S(=O)(=O)Nc2ccc(NC(=O)c3cnn(C(C)(C)C)c3C)cc2)cc1.